The summed E-state index contributed by atoms with van der Waals surface area (Å²) < 4.78 is 15.5. The minimum Gasteiger partial charge on any atom is -0.465 e. The van der Waals surface area contributed by atoms with Crippen LogP contribution in [0.5, 0.6) is 0 Å². The maximum Gasteiger partial charge on any atom is 0.414 e. The Morgan fingerprint density at radius 2 is 2.07 bits per heavy atom. The zero-order valence-corrected chi connectivity index (χ0v) is 16.8. The van der Waals surface area contributed by atoms with Crippen LogP contribution < -0.4 is 0 Å². The number of hydrogen-bond acceptors (Lipinski definition) is 3. The number of carboxylic acid groups (broad SMARTS) is 1. The number of likely N-dealkylation sites (tertiary alicyclic amines) is 1. The molecule has 1 aromatic carbocycles. The highest BCUT2D eigenvalue weighted by molar-refractivity contribution is 6.06. The van der Waals surface area contributed by atoms with E-state index < -0.39 is 12.0 Å². The molecule has 1 fully saturated rings. The molecule has 1 saturated heterocycles. The number of aryl methyl sites for hydroxylation is 1. The van der Waals surface area contributed by atoms with E-state index in [1.165, 1.54) is 6.07 Å². The topological polar surface area (TPSA) is 75.4 Å². The van der Waals surface area contributed by atoms with Gasteiger partial charge in [-0.3, -0.25) is 4.79 Å². The first-order valence-corrected chi connectivity index (χ1v) is 9.78. The molecule has 1 aromatic heterocycles. The fraction of sp³-hybridized carbons (Fsp3) is 0.409. The number of imide groups is 1. The normalized spacial score (nSPS) is 20.6. The number of piperidine rings is 1. The summed E-state index contributed by atoms with van der Waals surface area (Å²) in [5, 5.41) is 9.39. The number of benzene rings is 1. The minimum atomic E-state index is -1.23. The molecule has 2 aliphatic heterocycles. The van der Waals surface area contributed by atoms with Crippen LogP contribution >= 0.6 is 0 Å². The molecule has 29 heavy (non-hydrogen) atoms. The average Bonchev–Trinajstić information content (AvgIpc) is 3.05. The Morgan fingerprint density at radius 3 is 2.76 bits per heavy atom. The van der Waals surface area contributed by atoms with E-state index in [0.29, 0.717) is 30.5 Å². The van der Waals surface area contributed by atoms with Gasteiger partial charge in [-0.1, -0.05) is 20.8 Å². The van der Waals surface area contributed by atoms with Gasteiger partial charge in [-0.25, -0.2) is 19.1 Å². The zero-order valence-electron chi connectivity index (χ0n) is 16.8. The summed E-state index contributed by atoms with van der Waals surface area (Å²) in [5.74, 6) is -0.791. The molecule has 0 bridgehead atoms. The second-order valence-corrected chi connectivity index (χ2v) is 8.77. The molecule has 2 aromatic rings. The molecule has 4 rings (SSSR count). The van der Waals surface area contributed by atoms with Crippen molar-refractivity contribution in [1.29, 1.82) is 0 Å². The molecule has 2 aliphatic rings. The number of halogens is 1. The maximum atomic E-state index is 13.6. The Labute approximate surface area is 168 Å². The lowest BCUT2D eigenvalue weighted by Crippen LogP contribution is -2.46. The Morgan fingerprint density at radius 1 is 1.31 bits per heavy atom. The van der Waals surface area contributed by atoms with Crippen LogP contribution in [-0.4, -0.2) is 38.1 Å². The third-order valence-electron chi connectivity index (χ3n) is 5.91. The van der Waals surface area contributed by atoms with Gasteiger partial charge in [0.15, 0.2) is 0 Å². The van der Waals surface area contributed by atoms with Gasteiger partial charge >= 0.3 is 6.09 Å². The van der Waals surface area contributed by atoms with Crippen molar-refractivity contribution in [2.75, 3.05) is 6.54 Å². The van der Waals surface area contributed by atoms with E-state index in [9.17, 15) is 19.1 Å². The zero-order chi connectivity index (χ0) is 20.9. The van der Waals surface area contributed by atoms with Crippen LogP contribution in [0.15, 0.2) is 30.1 Å². The molecule has 152 valence electrons. The summed E-state index contributed by atoms with van der Waals surface area (Å²) in [7, 11) is 0. The van der Waals surface area contributed by atoms with Crippen molar-refractivity contribution in [3.8, 4) is 5.69 Å². The van der Waals surface area contributed by atoms with Crippen LogP contribution in [0, 0.1) is 17.2 Å². The number of amides is 2. The van der Waals surface area contributed by atoms with Gasteiger partial charge in [-0.2, -0.15) is 0 Å². The standard InChI is InChI=1S/C22H24FN3O3/c1-22(2,3)16-8-9-25(21(28)29)20(27)15(16)11-17-19-6-4-13-10-14(23)5-7-18(13)26(19)12-24-17/h5,7,10-12,16H,4,6,8-9H2,1-3H3,(H,28,29). The molecule has 1 unspecified atom stereocenters. The van der Waals surface area contributed by atoms with Crippen LogP contribution in [-0.2, 0) is 17.6 Å². The fourth-order valence-electron chi connectivity index (χ4n) is 4.42. The number of nitrogens with zero attached hydrogens (tertiary/aromatic N) is 3. The number of rotatable bonds is 1. The summed E-state index contributed by atoms with van der Waals surface area (Å²) in [6.45, 7) is 6.38. The molecule has 1 N–H and O–H groups in total. The average molecular weight is 397 g/mol. The van der Waals surface area contributed by atoms with E-state index in [2.05, 4.69) is 25.8 Å². The van der Waals surface area contributed by atoms with Crippen molar-refractivity contribution in [3.05, 3.63) is 52.9 Å². The summed E-state index contributed by atoms with van der Waals surface area (Å²) in [6.07, 6.45) is 4.17. The van der Waals surface area contributed by atoms with Crippen LogP contribution in [0.4, 0.5) is 9.18 Å². The van der Waals surface area contributed by atoms with Gasteiger partial charge in [0, 0.05) is 12.1 Å². The molecule has 1 atom stereocenters. The fourth-order valence-corrected chi connectivity index (χ4v) is 4.42. The molecule has 3 heterocycles. The van der Waals surface area contributed by atoms with E-state index in [-0.39, 0.29) is 23.7 Å². The van der Waals surface area contributed by atoms with Crippen molar-refractivity contribution in [3.63, 3.8) is 0 Å². The molecule has 0 radical (unpaired) electrons. The van der Waals surface area contributed by atoms with Crippen LogP contribution in [0.2, 0.25) is 0 Å². The maximum absolute atomic E-state index is 13.6. The van der Waals surface area contributed by atoms with E-state index in [0.717, 1.165) is 21.8 Å². The quantitative estimate of drug-likeness (QED) is 0.736. The van der Waals surface area contributed by atoms with Gasteiger partial charge in [0.2, 0.25) is 0 Å². The molecule has 7 heteroatoms. The van der Waals surface area contributed by atoms with Crippen molar-refractivity contribution < 1.29 is 19.1 Å². The summed E-state index contributed by atoms with van der Waals surface area (Å²) >= 11 is 0. The summed E-state index contributed by atoms with van der Waals surface area (Å²) in [5.41, 5.74) is 3.73. The molecule has 2 amide bonds. The molecule has 0 spiro atoms. The van der Waals surface area contributed by atoms with Gasteiger partial charge < -0.3 is 9.67 Å². The lowest BCUT2D eigenvalue weighted by Gasteiger charge is -2.38. The highest BCUT2D eigenvalue weighted by Crippen LogP contribution is 2.40. The Hall–Kier alpha value is -2.96. The van der Waals surface area contributed by atoms with E-state index in [1.807, 2.05) is 4.57 Å². The highest BCUT2D eigenvalue weighted by Gasteiger charge is 2.40. The first-order chi connectivity index (χ1) is 13.7. The van der Waals surface area contributed by atoms with E-state index >= 15 is 0 Å². The number of fused-ring (bicyclic) bond motifs is 3. The number of carbonyl (C=O) groups excluding carboxylic acids is 1. The number of aromatic nitrogens is 2. The molecular formula is C22H24FN3O3. The van der Waals surface area contributed by atoms with Gasteiger partial charge in [0.05, 0.1) is 17.1 Å². The second-order valence-electron chi connectivity index (χ2n) is 8.77. The van der Waals surface area contributed by atoms with Crippen LogP contribution in [0.3, 0.4) is 0 Å². The van der Waals surface area contributed by atoms with Gasteiger partial charge in [-0.15, -0.1) is 0 Å². The monoisotopic (exact) mass is 397 g/mol. The summed E-state index contributed by atoms with van der Waals surface area (Å²) in [4.78, 5) is 29.8. The predicted molar refractivity (Wildman–Crippen MR) is 106 cm³/mol. The largest absolute Gasteiger partial charge is 0.465 e. The van der Waals surface area contributed by atoms with Crippen LogP contribution in [0.25, 0.3) is 11.8 Å². The third-order valence-corrected chi connectivity index (χ3v) is 5.91. The molecular weight excluding hydrogens is 373 g/mol. The number of hydrogen-bond donors (Lipinski definition) is 1. The third kappa shape index (κ3) is 3.34. The smallest absolute Gasteiger partial charge is 0.414 e. The minimum absolute atomic E-state index is 0.0621. The number of carbonyl (C=O) groups is 2. The van der Waals surface area contributed by atoms with E-state index in [1.54, 1.807) is 24.5 Å². The predicted octanol–water partition coefficient (Wildman–Crippen LogP) is 4.07. The molecule has 0 saturated carbocycles. The highest BCUT2D eigenvalue weighted by atomic mass is 19.1. The summed E-state index contributed by atoms with van der Waals surface area (Å²) in [6, 6.07) is 4.71. The first-order valence-electron chi connectivity index (χ1n) is 9.78. The second kappa shape index (κ2) is 6.83. The van der Waals surface area contributed by atoms with Crippen molar-refractivity contribution in [1.82, 2.24) is 14.5 Å². The molecule has 0 aliphatic carbocycles. The van der Waals surface area contributed by atoms with Gasteiger partial charge in [-0.05, 0) is 60.4 Å². The lowest BCUT2D eigenvalue weighted by molar-refractivity contribution is -0.128. The first kappa shape index (κ1) is 19.4. The van der Waals surface area contributed by atoms with Gasteiger partial charge in [0.25, 0.3) is 5.91 Å². The Bertz CT molecular complexity index is 1030. The SMILES string of the molecule is CC(C)(C)C1CCN(C(=O)O)C(=O)C1=Cc1ncn2c1CCc1cc(F)ccc1-2. The lowest BCUT2D eigenvalue weighted by atomic mass is 9.72. The van der Waals surface area contributed by atoms with Crippen molar-refractivity contribution in [2.45, 2.75) is 40.0 Å². The Kier molecular flexibility index (Phi) is 4.56. The van der Waals surface area contributed by atoms with Crippen LogP contribution in [0.1, 0.15) is 44.1 Å². The van der Waals surface area contributed by atoms with Gasteiger partial charge in [0.1, 0.15) is 12.1 Å². The van der Waals surface area contributed by atoms with Crippen molar-refractivity contribution in [2.24, 2.45) is 11.3 Å². The van der Waals surface area contributed by atoms with Crippen molar-refractivity contribution >= 4 is 18.1 Å². The Balaban J connectivity index is 1.79. The number of imidazole rings is 1. The molecule has 6 nitrogen and oxygen atoms in total. The van der Waals surface area contributed by atoms with E-state index in [4.69, 9.17) is 0 Å².